The minimum atomic E-state index is 0.512. The maximum atomic E-state index is 5.84. The lowest BCUT2D eigenvalue weighted by Gasteiger charge is -1.97. The van der Waals surface area contributed by atoms with Gasteiger partial charge in [0.25, 0.3) is 5.89 Å². The van der Waals surface area contributed by atoms with E-state index in [4.69, 9.17) is 21.9 Å². The van der Waals surface area contributed by atoms with Gasteiger partial charge in [0.1, 0.15) is 0 Å². The van der Waals surface area contributed by atoms with Crippen LogP contribution < -0.4 is 5.73 Å². The van der Waals surface area contributed by atoms with Gasteiger partial charge in [0.15, 0.2) is 5.82 Å². The van der Waals surface area contributed by atoms with Crippen LogP contribution in [0, 0.1) is 0 Å². The van der Waals surface area contributed by atoms with E-state index < -0.39 is 0 Å². The molecule has 20 heavy (non-hydrogen) atoms. The minimum absolute atomic E-state index is 0.512. The third kappa shape index (κ3) is 3.15. The monoisotopic (exact) mass is 323 g/mol. The number of halogens is 1. The van der Waals surface area contributed by atoms with Gasteiger partial charge in [-0.05, 0) is 36.4 Å². The highest BCUT2D eigenvalue weighted by molar-refractivity contribution is 7.98. The van der Waals surface area contributed by atoms with Gasteiger partial charge in [-0.2, -0.15) is 4.98 Å². The first-order chi connectivity index (χ1) is 9.70. The van der Waals surface area contributed by atoms with E-state index in [0.717, 1.165) is 19.8 Å². The molecule has 0 unspecified atom stereocenters. The summed E-state index contributed by atoms with van der Waals surface area (Å²) < 4.78 is 5.23. The fourth-order valence-electron chi connectivity index (χ4n) is 1.56. The molecule has 0 fully saturated rings. The van der Waals surface area contributed by atoms with Crippen molar-refractivity contribution in [3.63, 3.8) is 0 Å². The first kappa shape index (κ1) is 13.5. The fourth-order valence-corrected chi connectivity index (χ4v) is 3.12. The normalized spacial score (nSPS) is 10.8. The smallest absolute Gasteiger partial charge is 0.268 e. The lowest BCUT2D eigenvalue weighted by molar-refractivity contribution is 0.426. The van der Waals surface area contributed by atoms with Crippen LogP contribution in [0.5, 0.6) is 0 Å². The number of benzene rings is 1. The van der Waals surface area contributed by atoms with Crippen LogP contribution in [0.15, 0.2) is 45.8 Å². The van der Waals surface area contributed by atoms with Gasteiger partial charge in [-0.25, -0.2) is 0 Å². The van der Waals surface area contributed by atoms with Gasteiger partial charge < -0.3 is 10.3 Å². The summed E-state index contributed by atoms with van der Waals surface area (Å²) in [7, 11) is 0. The van der Waals surface area contributed by atoms with Crippen LogP contribution in [-0.4, -0.2) is 10.1 Å². The molecule has 0 radical (unpaired) electrons. The molecule has 0 amide bonds. The van der Waals surface area contributed by atoms with E-state index in [1.54, 1.807) is 11.8 Å². The molecule has 3 rings (SSSR count). The molecule has 0 aliphatic heterocycles. The second kappa shape index (κ2) is 5.87. The summed E-state index contributed by atoms with van der Waals surface area (Å²) in [5, 5.41) is 5.43. The summed E-state index contributed by atoms with van der Waals surface area (Å²) in [6, 6.07) is 11.4. The molecule has 0 atom stereocenters. The van der Waals surface area contributed by atoms with Crippen LogP contribution >= 0.6 is 34.7 Å². The highest BCUT2D eigenvalue weighted by Gasteiger charge is 2.11. The average molecular weight is 324 g/mol. The predicted octanol–water partition coefficient (Wildman–Crippen LogP) is 4.33. The van der Waals surface area contributed by atoms with Crippen LogP contribution in [0.4, 0.5) is 5.00 Å². The largest absolute Gasteiger partial charge is 0.391 e. The summed E-state index contributed by atoms with van der Waals surface area (Å²) in [5.41, 5.74) is 5.68. The Morgan fingerprint density at radius 3 is 2.70 bits per heavy atom. The highest BCUT2D eigenvalue weighted by Crippen LogP contribution is 2.29. The standard InChI is InChI=1S/C13H10ClN3OS2/c14-8-1-3-9(4-2-8)19-7-12-16-13(18-17-12)10-5-6-11(15)20-10/h1-6H,7,15H2. The molecule has 0 bridgehead atoms. The van der Waals surface area contributed by atoms with E-state index in [1.165, 1.54) is 11.3 Å². The van der Waals surface area contributed by atoms with Crippen molar-refractivity contribution in [1.29, 1.82) is 0 Å². The van der Waals surface area contributed by atoms with E-state index in [2.05, 4.69) is 10.1 Å². The molecular weight excluding hydrogens is 314 g/mol. The Bertz CT molecular complexity index is 708. The zero-order chi connectivity index (χ0) is 13.9. The molecule has 0 spiro atoms. The molecule has 0 saturated heterocycles. The molecule has 0 aliphatic carbocycles. The highest BCUT2D eigenvalue weighted by atomic mass is 35.5. The van der Waals surface area contributed by atoms with Crippen LogP contribution in [0.2, 0.25) is 5.02 Å². The SMILES string of the molecule is Nc1ccc(-c2nc(CSc3ccc(Cl)cc3)no2)s1. The summed E-state index contributed by atoms with van der Waals surface area (Å²) in [6.07, 6.45) is 0. The van der Waals surface area contributed by atoms with Crippen molar-refractivity contribution in [2.75, 3.05) is 5.73 Å². The maximum Gasteiger partial charge on any atom is 0.268 e. The number of rotatable bonds is 4. The molecule has 102 valence electrons. The minimum Gasteiger partial charge on any atom is -0.391 e. The van der Waals surface area contributed by atoms with E-state index in [1.807, 2.05) is 36.4 Å². The zero-order valence-electron chi connectivity index (χ0n) is 10.2. The van der Waals surface area contributed by atoms with E-state index >= 15 is 0 Å². The van der Waals surface area contributed by atoms with Crippen LogP contribution in [0.1, 0.15) is 5.82 Å². The number of nitrogen functional groups attached to an aromatic ring is 1. The Kier molecular flexibility index (Phi) is 3.95. The number of nitrogens with zero attached hydrogens (tertiary/aromatic N) is 2. The van der Waals surface area contributed by atoms with Gasteiger partial charge in [-0.1, -0.05) is 16.8 Å². The number of thioether (sulfide) groups is 1. The predicted molar refractivity (Wildman–Crippen MR) is 83.0 cm³/mol. The second-order valence-electron chi connectivity index (χ2n) is 3.96. The Hall–Kier alpha value is -1.50. The van der Waals surface area contributed by atoms with Crippen molar-refractivity contribution >= 4 is 39.7 Å². The number of aromatic nitrogens is 2. The Labute approximate surface area is 129 Å². The number of anilines is 1. The summed E-state index contributed by atoms with van der Waals surface area (Å²) >= 11 is 8.91. The van der Waals surface area contributed by atoms with Crippen LogP contribution in [0.25, 0.3) is 10.8 Å². The Morgan fingerprint density at radius 2 is 2.00 bits per heavy atom. The summed E-state index contributed by atoms with van der Waals surface area (Å²) in [5.74, 6) is 1.82. The molecule has 3 aromatic rings. The van der Waals surface area contributed by atoms with Gasteiger partial charge in [-0.15, -0.1) is 23.1 Å². The number of hydrogen-bond acceptors (Lipinski definition) is 6. The van der Waals surface area contributed by atoms with Crippen molar-refractivity contribution in [3.05, 3.63) is 47.2 Å². The third-order valence-electron chi connectivity index (χ3n) is 2.49. The van der Waals surface area contributed by atoms with E-state index in [0.29, 0.717) is 17.5 Å². The first-order valence-electron chi connectivity index (χ1n) is 5.77. The average Bonchev–Trinajstić information content (AvgIpc) is 3.07. The van der Waals surface area contributed by atoms with Crippen molar-refractivity contribution < 1.29 is 4.52 Å². The van der Waals surface area contributed by atoms with Gasteiger partial charge >= 0.3 is 0 Å². The van der Waals surface area contributed by atoms with Crippen molar-refractivity contribution in [1.82, 2.24) is 10.1 Å². The van der Waals surface area contributed by atoms with Crippen LogP contribution in [0.3, 0.4) is 0 Å². The van der Waals surface area contributed by atoms with Gasteiger partial charge in [-0.3, -0.25) is 0 Å². The molecule has 2 aromatic heterocycles. The molecule has 1 aromatic carbocycles. The number of nitrogens with two attached hydrogens (primary N) is 1. The Morgan fingerprint density at radius 1 is 1.20 bits per heavy atom. The maximum absolute atomic E-state index is 5.84. The van der Waals surface area contributed by atoms with Crippen molar-refractivity contribution in [3.8, 4) is 10.8 Å². The van der Waals surface area contributed by atoms with Gasteiger partial charge in [0.2, 0.25) is 0 Å². The lowest BCUT2D eigenvalue weighted by Crippen LogP contribution is -1.83. The lowest BCUT2D eigenvalue weighted by atomic mass is 10.4. The zero-order valence-corrected chi connectivity index (χ0v) is 12.6. The van der Waals surface area contributed by atoms with Gasteiger partial charge in [0, 0.05) is 9.92 Å². The molecule has 0 saturated carbocycles. The summed E-state index contributed by atoms with van der Waals surface area (Å²) in [4.78, 5) is 6.36. The topological polar surface area (TPSA) is 64.9 Å². The van der Waals surface area contributed by atoms with E-state index in [-0.39, 0.29) is 0 Å². The van der Waals surface area contributed by atoms with Crippen molar-refractivity contribution in [2.24, 2.45) is 0 Å². The van der Waals surface area contributed by atoms with Crippen LogP contribution in [-0.2, 0) is 5.75 Å². The second-order valence-corrected chi connectivity index (χ2v) is 6.56. The number of hydrogen-bond donors (Lipinski definition) is 1. The first-order valence-corrected chi connectivity index (χ1v) is 7.95. The molecular formula is C13H10ClN3OS2. The third-order valence-corrected chi connectivity index (χ3v) is 4.65. The molecule has 4 nitrogen and oxygen atoms in total. The van der Waals surface area contributed by atoms with Gasteiger partial charge in [0.05, 0.1) is 15.6 Å². The fraction of sp³-hybridized carbons (Fsp3) is 0.0769. The number of thiophene rings is 1. The molecule has 7 heteroatoms. The van der Waals surface area contributed by atoms with E-state index in [9.17, 15) is 0 Å². The molecule has 2 N–H and O–H groups in total. The van der Waals surface area contributed by atoms with Crippen molar-refractivity contribution in [2.45, 2.75) is 10.6 Å². The molecule has 2 heterocycles. The quantitative estimate of drug-likeness (QED) is 0.724. The Balaban J connectivity index is 1.67. The molecule has 0 aliphatic rings. The summed E-state index contributed by atoms with van der Waals surface area (Å²) in [6.45, 7) is 0.